The second-order valence-corrected chi connectivity index (χ2v) is 7.96. The van der Waals surface area contributed by atoms with E-state index in [1.807, 2.05) is 0 Å². The quantitative estimate of drug-likeness (QED) is 0.486. The van der Waals surface area contributed by atoms with Crippen LogP contribution in [0.25, 0.3) is 0 Å². The molecule has 0 bridgehead atoms. The van der Waals surface area contributed by atoms with Crippen LogP contribution in [-0.4, -0.2) is 0 Å². The summed E-state index contributed by atoms with van der Waals surface area (Å²) in [4.78, 5) is 0. The van der Waals surface area contributed by atoms with Gasteiger partial charge in [-0.3, -0.25) is 0 Å². The first-order valence-corrected chi connectivity index (χ1v) is 8.95. The summed E-state index contributed by atoms with van der Waals surface area (Å²) in [6.07, 6.45) is 6.69. The summed E-state index contributed by atoms with van der Waals surface area (Å²) in [7, 11) is 0. The van der Waals surface area contributed by atoms with Crippen molar-refractivity contribution in [3.8, 4) is 0 Å². The van der Waals surface area contributed by atoms with Crippen molar-refractivity contribution >= 4 is 0 Å². The van der Waals surface area contributed by atoms with E-state index in [2.05, 4.69) is 83.1 Å². The van der Waals surface area contributed by atoms with Gasteiger partial charge in [-0.15, -0.1) is 0 Å². The maximum atomic E-state index is 2.22. The molecule has 0 aliphatic heterocycles. The van der Waals surface area contributed by atoms with Crippen LogP contribution in [0.1, 0.15) is 123 Å². The van der Waals surface area contributed by atoms with Gasteiger partial charge < -0.3 is 0 Å². The summed E-state index contributed by atoms with van der Waals surface area (Å²) in [5.74, 6) is 1.77. The Morgan fingerprint density at radius 1 is 0.619 bits per heavy atom. The standard InChI is InChI=1S/4C5H12.CH4/c1-5(2,3)4;2*1-4-5(2)3;1-3-5-4-2;/h1-4H3;2*5H,4H2,1-3H3;3-5H2,1-2H3;1H4. The lowest BCUT2D eigenvalue weighted by Crippen LogP contribution is -1.93. The first-order valence-electron chi connectivity index (χ1n) is 8.95. The molecule has 0 saturated carbocycles. The Bertz CT molecular complexity index is 109. The van der Waals surface area contributed by atoms with Gasteiger partial charge in [0, 0.05) is 0 Å². The van der Waals surface area contributed by atoms with Crippen molar-refractivity contribution in [2.24, 2.45) is 17.3 Å². The van der Waals surface area contributed by atoms with Crippen molar-refractivity contribution in [3.63, 3.8) is 0 Å². The summed E-state index contributed by atoms with van der Waals surface area (Å²) in [6, 6.07) is 0. The summed E-state index contributed by atoms with van der Waals surface area (Å²) in [5, 5.41) is 0. The van der Waals surface area contributed by atoms with Crippen LogP contribution >= 0.6 is 0 Å². The summed E-state index contributed by atoms with van der Waals surface area (Å²) in [6.45, 7) is 26.5. The van der Waals surface area contributed by atoms with Crippen LogP contribution in [-0.2, 0) is 0 Å². The monoisotopic (exact) mass is 304 g/mol. The van der Waals surface area contributed by atoms with E-state index in [1.165, 1.54) is 32.1 Å². The normalized spacial score (nSPS) is 9.43. The molecule has 0 amide bonds. The summed E-state index contributed by atoms with van der Waals surface area (Å²) < 4.78 is 0. The van der Waals surface area contributed by atoms with Crippen molar-refractivity contribution in [1.82, 2.24) is 0 Å². The average molecular weight is 305 g/mol. The first-order chi connectivity index (χ1) is 8.95. The van der Waals surface area contributed by atoms with Crippen LogP contribution in [0, 0.1) is 17.3 Å². The van der Waals surface area contributed by atoms with Gasteiger partial charge in [-0.05, 0) is 17.3 Å². The highest BCUT2D eigenvalue weighted by atomic mass is 14.0. The van der Waals surface area contributed by atoms with Crippen LogP contribution < -0.4 is 0 Å². The van der Waals surface area contributed by atoms with Gasteiger partial charge >= 0.3 is 0 Å². The molecule has 0 aromatic carbocycles. The van der Waals surface area contributed by atoms with E-state index in [-0.39, 0.29) is 7.43 Å². The molecular weight excluding hydrogens is 252 g/mol. The van der Waals surface area contributed by atoms with Gasteiger partial charge in [-0.1, -0.05) is 123 Å². The molecule has 0 aliphatic rings. The van der Waals surface area contributed by atoms with E-state index in [4.69, 9.17) is 0 Å². The number of hydrogen-bond acceptors (Lipinski definition) is 0. The molecule has 0 aromatic rings. The minimum atomic E-state index is 0. The Hall–Kier alpha value is 0. The number of hydrogen-bond donors (Lipinski definition) is 0. The molecule has 0 heteroatoms. The van der Waals surface area contributed by atoms with Crippen LogP contribution in [0.4, 0.5) is 0 Å². The fourth-order valence-electron chi connectivity index (χ4n) is 0.354. The predicted molar refractivity (Wildman–Crippen MR) is 107 cm³/mol. The second kappa shape index (κ2) is 25.0. The molecule has 0 atom stereocenters. The Balaban J connectivity index is -0.0000000533. The first kappa shape index (κ1) is 32.8. The maximum absolute atomic E-state index is 2.22. The largest absolute Gasteiger partial charge is 0.0776 e. The fraction of sp³-hybridized carbons (Fsp3) is 1.00. The van der Waals surface area contributed by atoms with Gasteiger partial charge in [0.25, 0.3) is 0 Å². The minimum Gasteiger partial charge on any atom is -0.0776 e. The highest BCUT2D eigenvalue weighted by Crippen LogP contribution is 2.08. The Morgan fingerprint density at radius 3 is 0.762 bits per heavy atom. The molecule has 0 fully saturated rings. The molecule has 136 valence electrons. The van der Waals surface area contributed by atoms with Crippen LogP contribution in [0.15, 0.2) is 0 Å². The molecule has 0 radical (unpaired) electrons. The van der Waals surface area contributed by atoms with E-state index < -0.39 is 0 Å². The molecule has 0 N–H and O–H groups in total. The summed E-state index contributed by atoms with van der Waals surface area (Å²) >= 11 is 0. The van der Waals surface area contributed by atoms with Crippen LogP contribution in [0.5, 0.6) is 0 Å². The van der Waals surface area contributed by atoms with Gasteiger partial charge in [-0.25, -0.2) is 0 Å². The van der Waals surface area contributed by atoms with Crippen molar-refractivity contribution in [2.45, 2.75) is 123 Å². The van der Waals surface area contributed by atoms with E-state index >= 15 is 0 Å². The Morgan fingerprint density at radius 2 is 0.762 bits per heavy atom. The average Bonchev–Trinajstić information content (AvgIpc) is 2.29. The van der Waals surface area contributed by atoms with Gasteiger partial charge in [-0.2, -0.15) is 0 Å². The molecule has 0 rings (SSSR count). The topological polar surface area (TPSA) is 0 Å². The zero-order chi connectivity index (χ0) is 17.2. The smallest absolute Gasteiger partial charge is 0.0411 e. The third-order valence-corrected chi connectivity index (χ3v) is 2.34. The SMILES string of the molecule is C.CC(C)(C)C.CCC(C)C.CCC(C)C.CCCCC. The Kier molecular flexibility index (Phi) is 39.0. The number of rotatable bonds is 4. The highest BCUT2D eigenvalue weighted by molar-refractivity contribution is 4.47. The van der Waals surface area contributed by atoms with Gasteiger partial charge in [0.2, 0.25) is 0 Å². The van der Waals surface area contributed by atoms with Crippen molar-refractivity contribution in [2.75, 3.05) is 0 Å². The maximum Gasteiger partial charge on any atom is -0.0411 e. The third kappa shape index (κ3) is 180. The Labute approximate surface area is 140 Å². The number of unbranched alkanes of at least 4 members (excludes halogenated alkanes) is 2. The fourth-order valence-corrected chi connectivity index (χ4v) is 0.354. The van der Waals surface area contributed by atoms with Crippen LogP contribution in [0.2, 0.25) is 0 Å². The second-order valence-electron chi connectivity index (χ2n) is 7.96. The van der Waals surface area contributed by atoms with Gasteiger partial charge in [0.15, 0.2) is 0 Å². The molecule has 0 heterocycles. The lowest BCUT2D eigenvalue weighted by molar-refractivity contribution is 0.469. The lowest BCUT2D eigenvalue weighted by atomic mass is 10.0. The summed E-state index contributed by atoms with van der Waals surface area (Å²) in [5.41, 5.74) is 0.500. The predicted octanol–water partition coefficient (Wildman–Crippen LogP) is 8.99. The van der Waals surface area contributed by atoms with Crippen LogP contribution in [0.3, 0.4) is 0 Å². The van der Waals surface area contributed by atoms with E-state index in [1.54, 1.807) is 0 Å². The van der Waals surface area contributed by atoms with Gasteiger partial charge in [0.1, 0.15) is 0 Å². The molecule has 0 aromatic heterocycles. The van der Waals surface area contributed by atoms with Crippen molar-refractivity contribution in [3.05, 3.63) is 0 Å². The zero-order valence-electron chi connectivity index (χ0n) is 17.2. The molecule has 0 unspecified atom stereocenters. The highest BCUT2D eigenvalue weighted by Gasteiger charge is 1.95. The zero-order valence-corrected chi connectivity index (χ0v) is 17.2. The van der Waals surface area contributed by atoms with Gasteiger partial charge in [0.05, 0.1) is 0 Å². The van der Waals surface area contributed by atoms with Crippen molar-refractivity contribution in [1.29, 1.82) is 0 Å². The molecule has 0 aliphatic carbocycles. The third-order valence-electron chi connectivity index (χ3n) is 2.34. The molecule has 0 saturated heterocycles. The molecule has 0 spiro atoms. The van der Waals surface area contributed by atoms with Crippen molar-refractivity contribution < 1.29 is 0 Å². The van der Waals surface area contributed by atoms with E-state index in [0.29, 0.717) is 5.41 Å². The minimum absolute atomic E-state index is 0. The van der Waals surface area contributed by atoms with E-state index in [9.17, 15) is 0 Å². The molecule has 0 nitrogen and oxygen atoms in total. The molecule has 21 heavy (non-hydrogen) atoms. The lowest BCUT2D eigenvalue weighted by Gasteiger charge is -2.05. The molecular formula is C21H52. The van der Waals surface area contributed by atoms with E-state index in [0.717, 1.165) is 11.8 Å².